The highest BCUT2D eigenvalue weighted by atomic mass is 16.3. The number of hydrogen-bond acceptors (Lipinski definition) is 3. The van der Waals surface area contributed by atoms with E-state index in [-0.39, 0.29) is 22.2 Å². The Bertz CT molecular complexity index is 873. The third-order valence-corrected chi connectivity index (χ3v) is 7.01. The Morgan fingerprint density at radius 2 is 1.69 bits per heavy atom. The SMILES string of the molecule is C[C@]12CNC(=O)[C@](C)(C1)C[C@@](C)(c1nc3cc4c(cc3o1)CCCC4)C2. The summed E-state index contributed by atoms with van der Waals surface area (Å²) in [4.78, 5) is 17.5. The van der Waals surface area contributed by atoms with E-state index in [2.05, 4.69) is 38.2 Å². The van der Waals surface area contributed by atoms with Gasteiger partial charge >= 0.3 is 0 Å². The summed E-state index contributed by atoms with van der Waals surface area (Å²) >= 11 is 0. The maximum atomic E-state index is 12.6. The molecule has 3 aliphatic rings. The molecule has 1 N–H and O–H groups in total. The van der Waals surface area contributed by atoms with Gasteiger partial charge in [0.05, 0.1) is 0 Å². The van der Waals surface area contributed by atoms with Gasteiger partial charge in [-0.1, -0.05) is 20.8 Å². The second-order valence-electron chi connectivity index (χ2n) is 9.96. The highest BCUT2D eigenvalue weighted by Gasteiger charge is 2.57. The van der Waals surface area contributed by atoms with E-state index in [0.717, 1.165) is 55.6 Å². The van der Waals surface area contributed by atoms with Gasteiger partial charge in [0.15, 0.2) is 5.58 Å². The zero-order valence-corrected chi connectivity index (χ0v) is 16.1. The number of nitrogens with zero attached hydrogens (tertiary/aromatic N) is 1. The lowest BCUT2D eigenvalue weighted by atomic mass is 9.52. The molecule has 26 heavy (non-hydrogen) atoms. The first-order valence-electron chi connectivity index (χ1n) is 10.00. The van der Waals surface area contributed by atoms with Gasteiger partial charge in [0, 0.05) is 17.4 Å². The van der Waals surface area contributed by atoms with Crippen molar-refractivity contribution in [2.45, 2.75) is 71.1 Å². The van der Waals surface area contributed by atoms with Gasteiger partial charge in [-0.2, -0.15) is 0 Å². The number of aromatic nitrogens is 1. The molecule has 1 amide bonds. The quantitative estimate of drug-likeness (QED) is 0.833. The van der Waals surface area contributed by atoms with Crippen LogP contribution in [-0.4, -0.2) is 17.4 Å². The number of fused-ring (bicyclic) bond motifs is 4. The molecule has 3 atom stereocenters. The molecular formula is C22H28N2O2. The number of oxazole rings is 1. The smallest absolute Gasteiger partial charge is 0.226 e. The van der Waals surface area contributed by atoms with Gasteiger partial charge in [-0.15, -0.1) is 0 Å². The van der Waals surface area contributed by atoms with Crippen molar-refractivity contribution in [3.63, 3.8) is 0 Å². The zero-order chi connectivity index (χ0) is 18.2. The van der Waals surface area contributed by atoms with Crippen LogP contribution in [0.25, 0.3) is 11.1 Å². The van der Waals surface area contributed by atoms with E-state index in [1.165, 1.54) is 24.0 Å². The van der Waals surface area contributed by atoms with Crippen LogP contribution in [-0.2, 0) is 23.1 Å². The molecule has 0 spiro atoms. The number of benzene rings is 1. The van der Waals surface area contributed by atoms with Gasteiger partial charge in [-0.3, -0.25) is 4.79 Å². The molecular weight excluding hydrogens is 324 g/mol. The van der Waals surface area contributed by atoms with Crippen molar-refractivity contribution in [2.75, 3.05) is 6.54 Å². The van der Waals surface area contributed by atoms with Crippen LogP contribution in [0.3, 0.4) is 0 Å². The van der Waals surface area contributed by atoms with E-state index in [4.69, 9.17) is 9.40 Å². The number of nitrogens with one attached hydrogen (secondary N) is 1. The third-order valence-electron chi connectivity index (χ3n) is 7.01. The van der Waals surface area contributed by atoms with Crippen LogP contribution in [0.15, 0.2) is 16.5 Å². The standard InChI is InChI=1S/C22H28N2O2/c1-20-10-21(2,18(25)23-13-20)12-22(3,11-20)19-24-16-8-14-6-4-5-7-15(14)9-17(16)26-19/h8-9H,4-7,10-13H2,1-3H3,(H,23,25)/t20-,21+,22-/m0/s1. The molecule has 5 rings (SSSR count). The topological polar surface area (TPSA) is 55.1 Å². The van der Waals surface area contributed by atoms with Gasteiger partial charge in [0.25, 0.3) is 0 Å². The number of amides is 1. The Morgan fingerprint density at radius 3 is 2.46 bits per heavy atom. The summed E-state index contributed by atoms with van der Waals surface area (Å²) in [6.07, 6.45) is 7.60. The average Bonchev–Trinajstić information content (AvgIpc) is 2.99. The second-order valence-corrected chi connectivity index (χ2v) is 9.96. The Hall–Kier alpha value is -1.84. The number of hydrogen-bond donors (Lipinski definition) is 1. The molecule has 2 bridgehead atoms. The molecule has 2 aliphatic carbocycles. The minimum Gasteiger partial charge on any atom is -0.440 e. The van der Waals surface area contributed by atoms with E-state index in [0.29, 0.717) is 0 Å². The second kappa shape index (κ2) is 5.11. The Labute approximate surface area is 154 Å². The molecule has 2 aromatic rings. The van der Waals surface area contributed by atoms with Gasteiger partial charge in [0.1, 0.15) is 5.52 Å². The van der Waals surface area contributed by atoms with E-state index in [9.17, 15) is 4.79 Å². The summed E-state index contributed by atoms with van der Waals surface area (Å²) in [5.74, 6) is 1.01. The average molecular weight is 352 g/mol. The minimum absolute atomic E-state index is 0.107. The number of piperidine rings is 1. The molecule has 1 saturated heterocycles. The van der Waals surface area contributed by atoms with Crippen LogP contribution in [0, 0.1) is 10.8 Å². The third kappa shape index (κ3) is 2.34. The van der Waals surface area contributed by atoms with E-state index < -0.39 is 0 Å². The fourth-order valence-electron chi connectivity index (χ4n) is 6.29. The van der Waals surface area contributed by atoms with Gasteiger partial charge in [-0.05, 0) is 73.6 Å². The zero-order valence-electron chi connectivity index (χ0n) is 16.1. The van der Waals surface area contributed by atoms with Crippen molar-refractivity contribution in [1.82, 2.24) is 10.3 Å². The predicted molar refractivity (Wildman–Crippen MR) is 101 cm³/mol. The lowest BCUT2D eigenvalue weighted by molar-refractivity contribution is -0.143. The lowest BCUT2D eigenvalue weighted by Gasteiger charge is -2.54. The van der Waals surface area contributed by atoms with Crippen molar-refractivity contribution in [3.8, 4) is 0 Å². The molecule has 4 heteroatoms. The molecule has 1 aromatic carbocycles. The van der Waals surface area contributed by atoms with Gasteiger partial charge < -0.3 is 9.73 Å². The molecule has 1 aliphatic heterocycles. The van der Waals surface area contributed by atoms with Crippen LogP contribution in [0.2, 0.25) is 0 Å². The van der Waals surface area contributed by atoms with Crippen molar-refractivity contribution in [1.29, 1.82) is 0 Å². The summed E-state index contributed by atoms with van der Waals surface area (Å²) in [7, 11) is 0. The molecule has 0 unspecified atom stereocenters. The summed E-state index contributed by atoms with van der Waals surface area (Å²) in [6.45, 7) is 7.40. The largest absolute Gasteiger partial charge is 0.440 e. The van der Waals surface area contributed by atoms with E-state index in [1.807, 2.05) is 0 Å². The van der Waals surface area contributed by atoms with Crippen LogP contribution in [0.5, 0.6) is 0 Å². The summed E-state index contributed by atoms with van der Waals surface area (Å²) < 4.78 is 6.32. The highest BCUT2D eigenvalue weighted by molar-refractivity contribution is 5.84. The fraction of sp³-hybridized carbons (Fsp3) is 0.636. The van der Waals surface area contributed by atoms with Crippen LogP contribution in [0.4, 0.5) is 0 Å². The van der Waals surface area contributed by atoms with Crippen LogP contribution >= 0.6 is 0 Å². The Morgan fingerprint density at radius 1 is 1.00 bits per heavy atom. The normalized spacial score (nSPS) is 36.7. The van der Waals surface area contributed by atoms with Crippen molar-refractivity contribution in [2.24, 2.45) is 10.8 Å². The van der Waals surface area contributed by atoms with E-state index in [1.54, 1.807) is 0 Å². The van der Waals surface area contributed by atoms with Gasteiger partial charge in [0.2, 0.25) is 11.8 Å². The Balaban J connectivity index is 1.59. The van der Waals surface area contributed by atoms with Gasteiger partial charge in [-0.25, -0.2) is 4.98 Å². The first kappa shape index (κ1) is 16.3. The highest BCUT2D eigenvalue weighted by Crippen LogP contribution is 2.56. The molecule has 1 aromatic heterocycles. The number of carbonyl (C=O) groups excluding carboxylic acids is 1. The van der Waals surface area contributed by atoms with Crippen molar-refractivity contribution < 1.29 is 9.21 Å². The monoisotopic (exact) mass is 352 g/mol. The number of carbonyl (C=O) groups is 1. The predicted octanol–water partition coefficient (Wildman–Crippen LogP) is 4.29. The molecule has 0 radical (unpaired) electrons. The number of aryl methyl sites for hydroxylation is 2. The molecule has 1 saturated carbocycles. The number of rotatable bonds is 1. The first-order valence-corrected chi connectivity index (χ1v) is 10.00. The molecule has 138 valence electrons. The fourth-order valence-corrected chi connectivity index (χ4v) is 6.29. The minimum atomic E-state index is -0.333. The van der Waals surface area contributed by atoms with E-state index >= 15 is 0 Å². The summed E-state index contributed by atoms with van der Waals surface area (Å²) in [5, 5.41) is 3.13. The summed E-state index contributed by atoms with van der Waals surface area (Å²) in [5.41, 5.74) is 4.34. The maximum absolute atomic E-state index is 12.6. The van der Waals surface area contributed by atoms with Crippen molar-refractivity contribution in [3.05, 3.63) is 29.2 Å². The first-order chi connectivity index (χ1) is 12.3. The Kier molecular flexibility index (Phi) is 3.21. The van der Waals surface area contributed by atoms with Crippen molar-refractivity contribution >= 4 is 17.0 Å². The lowest BCUT2D eigenvalue weighted by Crippen LogP contribution is -2.59. The maximum Gasteiger partial charge on any atom is 0.226 e. The van der Waals surface area contributed by atoms with Crippen LogP contribution in [0.1, 0.15) is 69.9 Å². The molecule has 2 heterocycles. The van der Waals surface area contributed by atoms with Crippen LogP contribution < -0.4 is 5.32 Å². The molecule has 2 fully saturated rings. The molecule has 4 nitrogen and oxygen atoms in total. The summed E-state index contributed by atoms with van der Waals surface area (Å²) in [6, 6.07) is 4.45.